The normalized spacial score (nSPS) is 13.2. The molecule has 0 radical (unpaired) electrons. The second-order valence-corrected chi connectivity index (χ2v) is 5.64. The van der Waals surface area contributed by atoms with E-state index in [-0.39, 0.29) is 31.6 Å². The highest BCUT2D eigenvalue weighted by atomic mass is 19.3. The second kappa shape index (κ2) is 11.0. The van der Waals surface area contributed by atoms with Crippen molar-refractivity contribution in [3.05, 3.63) is 0 Å². The zero-order chi connectivity index (χ0) is 15.5. The van der Waals surface area contributed by atoms with Crippen molar-refractivity contribution in [2.75, 3.05) is 26.2 Å². The molecule has 0 rings (SSSR count). The van der Waals surface area contributed by atoms with E-state index < -0.39 is 13.0 Å². The van der Waals surface area contributed by atoms with Gasteiger partial charge in [-0.25, -0.2) is 8.78 Å². The van der Waals surface area contributed by atoms with E-state index in [1.165, 1.54) is 4.90 Å². The van der Waals surface area contributed by atoms with Crippen LogP contribution in [0.1, 0.15) is 40.0 Å². The summed E-state index contributed by atoms with van der Waals surface area (Å²) in [6, 6.07) is 0.0452. The standard InChI is InChI=1S/C14H28F2N2O2/c1-11(2)5-4-6-12(3)17-14(20)10-18(7-8-19)9-13(15)16/h11-13,19H,4-10H2,1-3H3,(H,17,20). The highest BCUT2D eigenvalue weighted by Gasteiger charge is 2.16. The van der Waals surface area contributed by atoms with Crippen molar-refractivity contribution in [1.29, 1.82) is 0 Å². The van der Waals surface area contributed by atoms with Crippen LogP contribution in [0.15, 0.2) is 0 Å². The SMILES string of the molecule is CC(C)CCCC(C)NC(=O)CN(CCO)CC(F)F. The minimum absolute atomic E-state index is 0.0452. The van der Waals surface area contributed by atoms with Crippen LogP contribution in [0.4, 0.5) is 8.78 Å². The molecule has 0 aromatic carbocycles. The number of rotatable bonds is 11. The van der Waals surface area contributed by atoms with E-state index in [2.05, 4.69) is 19.2 Å². The Morgan fingerprint density at radius 1 is 1.25 bits per heavy atom. The van der Waals surface area contributed by atoms with Crippen LogP contribution in [0.5, 0.6) is 0 Å². The monoisotopic (exact) mass is 294 g/mol. The highest BCUT2D eigenvalue weighted by molar-refractivity contribution is 5.78. The van der Waals surface area contributed by atoms with E-state index in [1.54, 1.807) is 0 Å². The lowest BCUT2D eigenvalue weighted by atomic mass is 10.0. The summed E-state index contributed by atoms with van der Waals surface area (Å²) in [6.07, 6.45) is 0.537. The van der Waals surface area contributed by atoms with Crippen molar-refractivity contribution in [3.63, 3.8) is 0 Å². The Balaban J connectivity index is 3.98. The van der Waals surface area contributed by atoms with Crippen molar-refractivity contribution < 1.29 is 18.7 Å². The van der Waals surface area contributed by atoms with Crippen molar-refractivity contribution in [1.82, 2.24) is 10.2 Å². The molecule has 0 spiro atoms. The molecule has 1 unspecified atom stereocenters. The summed E-state index contributed by atoms with van der Waals surface area (Å²) < 4.78 is 24.6. The Morgan fingerprint density at radius 2 is 1.90 bits per heavy atom. The number of hydrogen-bond donors (Lipinski definition) is 2. The third-order valence-corrected chi connectivity index (χ3v) is 3.01. The van der Waals surface area contributed by atoms with Gasteiger partial charge in [0.15, 0.2) is 0 Å². The number of nitrogens with one attached hydrogen (secondary N) is 1. The lowest BCUT2D eigenvalue weighted by Gasteiger charge is -2.22. The lowest BCUT2D eigenvalue weighted by Crippen LogP contribution is -2.43. The first kappa shape index (κ1) is 19.2. The summed E-state index contributed by atoms with van der Waals surface area (Å²) in [5.41, 5.74) is 0. The van der Waals surface area contributed by atoms with Crippen LogP contribution in [0.2, 0.25) is 0 Å². The van der Waals surface area contributed by atoms with Gasteiger partial charge in [0.25, 0.3) is 6.43 Å². The van der Waals surface area contributed by atoms with Crippen LogP contribution in [-0.4, -0.2) is 54.6 Å². The van der Waals surface area contributed by atoms with Gasteiger partial charge in [-0.05, 0) is 19.3 Å². The van der Waals surface area contributed by atoms with Crippen LogP contribution >= 0.6 is 0 Å². The molecule has 0 saturated heterocycles. The predicted molar refractivity (Wildman–Crippen MR) is 75.8 cm³/mol. The lowest BCUT2D eigenvalue weighted by molar-refractivity contribution is -0.123. The fraction of sp³-hybridized carbons (Fsp3) is 0.929. The summed E-state index contributed by atoms with van der Waals surface area (Å²) in [5.74, 6) is 0.375. The van der Waals surface area contributed by atoms with E-state index in [9.17, 15) is 13.6 Å². The summed E-state index contributed by atoms with van der Waals surface area (Å²) in [5, 5.41) is 11.6. The summed E-state index contributed by atoms with van der Waals surface area (Å²) in [4.78, 5) is 13.0. The van der Waals surface area contributed by atoms with Crippen molar-refractivity contribution in [2.45, 2.75) is 52.5 Å². The van der Waals surface area contributed by atoms with Crippen molar-refractivity contribution in [2.24, 2.45) is 5.92 Å². The number of alkyl halides is 2. The van der Waals surface area contributed by atoms with Gasteiger partial charge in [0.2, 0.25) is 5.91 Å². The molecule has 120 valence electrons. The minimum atomic E-state index is -2.50. The Morgan fingerprint density at radius 3 is 2.40 bits per heavy atom. The molecule has 6 heteroatoms. The Labute approximate surface area is 120 Å². The molecule has 0 fully saturated rings. The van der Waals surface area contributed by atoms with Gasteiger partial charge in [-0.2, -0.15) is 0 Å². The predicted octanol–water partition coefficient (Wildman–Crippen LogP) is 1.88. The molecule has 0 aromatic heterocycles. The van der Waals surface area contributed by atoms with Crippen LogP contribution in [0.25, 0.3) is 0 Å². The molecule has 20 heavy (non-hydrogen) atoms. The van der Waals surface area contributed by atoms with Gasteiger partial charge in [0.1, 0.15) is 0 Å². The molecule has 1 amide bonds. The van der Waals surface area contributed by atoms with Gasteiger partial charge in [0.05, 0.1) is 19.7 Å². The molecule has 0 heterocycles. The van der Waals surface area contributed by atoms with Gasteiger partial charge in [-0.3, -0.25) is 9.69 Å². The highest BCUT2D eigenvalue weighted by Crippen LogP contribution is 2.08. The number of aliphatic hydroxyl groups is 1. The first-order valence-corrected chi connectivity index (χ1v) is 7.25. The van der Waals surface area contributed by atoms with E-state index in [0.717, 1.165) is 19.3 Å². The minimum Gasteiger partial charge on any atom is -0.395 e. The number of halogens is 2. The van der Waals surface area contributed by atoms with Gasteiger partial charge in [-0.1, -0.05) is 26.7 Å². The first-order valence-electron chi connectivity index (χ1n) is 7.25. The molecule has 0 aliphatic heterocycles. The Kier molecular flexibility index (Phi) is 10.6. The largest absolute Gasteiger partial charge is 0.395 e. The van der Waals surface area contributed by atoms with E-state index >= 15 is 0 Å². The molecule has 0 saturated carbocycles. The fourth-order valence-corrected chi connectivity index (χ4v) is 2.00. The van der Waals surface area contributed by atoms with Crippen molar-refractivity contribution >= 4 is 5.91 Å². The third-order valence-electron chi connectivity index (χ3n) is 3.01. The first-order chi connectivity index (χ1) is 9.35. The Hall–Kier alpha value is -0.750. The van der Waals surface area contributed by atoms with Crippen LogP contribution in [0.3, 0.4) is 0 Å². The molecular formula is C14H28F2N2O2. The average molecular weight is 294 g/mol. The van der Waals surface area contributed by atoms with Gasteiger partial charge >= 0.3 is 0 Å². The van der Waals surface area contributed by atoms with Crippen LogP contribution < -0.4 is 5.32 Å². The molecule has 0 aliphatic rings. The number of carbonyl (C=O) groups is 1. The summed E-state index contributed by atoms with van der Waals surface area (Å²) in [6.45, 7) is 5.49. The van der Waals surface area contributed by atoms with Crippen LogP contribution in [0, 0.1) is 5.92 Å². The maximum atomic E-state index is 12.3. The molecule has 1 atom stereocenters. The molecule has 0 aliphatic carbocycles. The number of carbonyl (C=O) groups excluding carboxylic acids is 1. The van der Waals surface area contributed by atoms with E-state index in [1.807, 2.05) is 6.92 Å². The zero-order valence-corrected chi connectivity index (χ0v) is 12.7. The van der Waals surface area contributed by atoms with Gasteiger partial charge < -0.3 is 10.4 Å². The molecule has 0 aromatic rings. The van der Waals surface area contributed by atoms with Crippen LogP contribution in [-0.2, 0) is 4.79 Å². The van der Waals surface area contributed by atoms with E-state index in [4.69, 9.17) is 5.11 Å². The van der Waals surface area contributed by atoms with Crippen molar-refractivity contribution in [3.8, 4) is 0 Å². The maximum Gasteiger partial charge on any atom is 0.251 e. The number of hydrogen-bond acceptors (Lipinski definition) is 3. The van der Waals surface area contributed by atoms with Gasteiger partial charge in [-0.15, -0.1) is 0 Å². The molecular weight excluding hydrogens is 266 g/mol. The summed E-state index contributed by atoms with van der Waals surface area (Å²) in [7, 11) is 0. The smallest absolute Gasteiger partial charge is 0.251 e. The average Bonchev–Trinajstić information content (AvgIpc) is 2.27. The Bertz CT molecular complexity index is 264. The number of aliphatic hydroxyl groups excluding tert-OH is 1. The third kappa shape index (κ3) is 11.1. The molecule has 2 N–H and O–H groups in total. The molecule has 4 nitrogen and oxygen atoms in total. The van der Waals surface area contributed by atoms with Gasteiger partial charge in [0, 0.05) is 12.6 Å². The molecule has 0 bridgehead atoms. The maximum absolute atomic E-state index is 12.3. The summed E-state index contributed by atoms with van der Waals surface area (Å²) >= 11 is 0. The van der Waals surface area contributed by atoms with E-state index in [0.29, 0.717) is 5.92 Å². The second-order valence-electron chi connectivity index (χ2n) is 5.64. The quantitative estimate of drug-likeness (QED) is 0.612. The number of nitrogens with zero attached hydrogens (tertiary/aromatic N) is 1. The fourth-order valence-electron chi connectivity index (χ4n) is 2.00. The topological polar surface area (TPSA) is 52.6 Å². The number of amides is 1. The zero-order valence-electron chi connectivity index (χ0n) is 12.7.